The Morgan fingerprint density at radius 1 is 0.891 bits per heavy atom. The largest absolute Gasteiger partial charge is 0.504 e. The van der Waals surface area contributed by atoms with Crippen LogP contribution in [0.15, 0.2) is 42.5 Å². The van der Waals surface area contributed by atoms with E-state index in [2.05, 4.69) is 0 Å². The van der Waals surface area contributed by atoms with Crippen molar-refractivity contribution in [3.63, 3.8) is 0 Å². The fourth-order valence-corrected chi connectivity index (χ4v) is 4.92. The van der Waals surface area contributed by atoms with E-state index in [0.717, 1.165) is 18.2 Å². The number of rotatable bonds is 11. The number of aromatic hydroxyl groups is 3. The van der Waals surface area contributed by atoms with E-state index < -0.39 is 98.2 Å². The van der Waals surface area contributed by atoms with Crippen LogP contribution < -0.4 is 4.74 Å². The second-order valence-electron chi connectivity index (χ2n) is 10.8. The molecule has 4 rings (SSSR count). The second kappa shape index (κ2) is 15.4. The Balaban J connectivity index is 1.55. The molecule has 2 aromatic rings. The van der Waals surface area contributed by atoms with Gasteiger partial charge in [0, 0.05) is 6.08 Å². The zero-order valence-electron chi connectivity index (χ0n) is 24.8. The van der Waals surface area contributed by atoms with Gasteiger partial charge in [-0.05, 0) is 48.4 Å². The lowest BCUT2D eigenvalue weighted by Crippen LogP contribution is -2.65. The van der Waals surface area contributed by atoms with Gasteiger partial charge in [-0.15, -0.1) is 0 Å². The van der Waals surface area contributed by atoms with Gasteiger partial charge in [0.15, 0.2) is 41.7 Å². The number of aliphatic hydroxyl groups is 6. The molecule has 2 aliphatic heterocycles. The Morgan fingerprint density at radius 3 is 2.28 bits per heavy atom. The first-order chi connectivity index (χ1) is 21.8. The van der Waals surface area contributed by atoms with E-state index in [9.17, 15) is 50.8 Å². The minimum atomic E-state index is -1.82. The number of phenols is 3. The first kappa shape index (κ1) is 35.3. The molecule has 0 amide bonds. The maximum atomic E-state index is 12.9. The average molecular weight is 655 g/mol. The maximum Gasteiger partial charge on any atom is 0.331 e. The summed E-state index contributed by atoms with van der Waals surface area (Å²) in [7, 11) is 1.35. The topological polar surface area (TPSA) is 255 Å². The minimum absolute atomic E-state index is 0.120. The third kappa shape index (κ3) is 8.05. The van der Waals surface area contributed by atoms with Gasteiger partial charge in [-0.2, -0.15) is 0 Å². The summed E-state index contributed by atoms with van der Waals surface area (Å²) in [6.07, 6.45) is -14.7. The van der Waals surface area contributed by atoms with Crippen LogP contribution in [0.25, 0.3) is 6.08 Å². The number of phenolic OH excluding ortho intramolecular Hbond substituents is 3. The Kier molecular flexibility index (Phi) is 11.8. The van der Waals surface area contributed by atoms with Crippen molar-refractivity contribution in [3.05, 3.63) is 53.6 Å². The van der Waals surface area contributed by atoms with E-state index in [-0.39, 0.29) is 17.1 Å². The fraction of sp³-hybridized carbons (Fsp3) is 0.500. The van der Waals surface area contributed by atoms with Crippen LogP contribution in [0.1, 0.15) is 24.2 Å². The van der Waals surface area contributed by atoms with Gasteiger partial charge < -0.3 is 74.4 Å². The Hall–Kier alpha value is -3.55. The van der Waals surface area contributed by atoms with Crippen molar-refractivity contribution in [1.29, 1.82) is 0 Å². The van der Waals surface area contributed by atoms with Crippen molar-refractivity contribution in [2.24, 2.45) is 0 Å². The van der Waals surface area contributed by atoms with Crippen LogP contribution in [0.3, 0.4) is 0 Å². The molecule has 9 N–H and O–H groups in total. The lowest BCUT2D eigenvalue weighted by molar-refractivity contribution is -0.358. The molecule has 254 valence electrons. The van der Waals surface area contributed by atoms with Crippen LogP contribution in [0.5, 0.6) is 23.0 Å². The number of esters is 1. The van der Waals surface area contributed by atoms with Crippen molar-refractivity contribution >= 4 is 12.0 Å². The zero-order valence-corrected chi connectivity index (χ0v) is 24.8. The van der Waals surface area contributed by atoms with Crippen molar-refractivity contribution in [2.75, 3.05) is 20.3 Å². The van der Waals surface area contributed by atoms with Crippen molar-refractivity contribution < 1.29 is 79.2 Å². The van der Waals surface area contributed by atoms with Gasteiger partial charge in [0.2, 0.25) is 0 Å². The van der Waals surface area contributed by atoms with E-state index in [1.165, 1.54) is 44.4 Å². The summed E-state index contributed by atoms with van der Waals surface area (Å²) in [5.74, 6) is -1.85. The van der Waals surface area contributed by atoms with E-state index in [4.69, 9.17) is 28.4 Å². The van der Waals surface area contributed by atoms with E-state index in [0.29, 0.717) is 5.56 Å². The number of benzene rings is 2. The van der Waals surface area contributed by atoms with Gasteiger partial charge in [0.05, 0.1) is 26.4 Å². The molecule has 2 fully saturated rings. The summed E-state index contributed by atoms with van der Waals surface area (Å²) < 4.78 is 33.1. The Bertz CT molecular complexity index is 1350. The van der Waals surface area contributed by atoms with Gasteiger partial charge in [0.25, 0.3) is 0 Å². The quantitative estimate of drug-likeness (QED) is 0.0782. The summed E-state index contributed by atoms with van der Waals surface area (Å²) in [6.45, 7) is 0.0934. The lowest BCUT2D eigenvalue weighted by Gasteiger charge is -2.46. The first-order valence-corrected chi connectivity index (χ1v) is 14.2. The second-order valence-corrected chi connectivity index (χ2v) is 10.8. The first-order valence-electron chi connectivity index (χ1n) is 14.2. The minimum Gasteiger partial charge on any atom is -0.504 e. The highest BCUT2D eigenvalue weighted by Crippen LogP contribution is 2.33. The predicted octanol–water partition coefficient (Wildman–Crippen LogP) is -1.22. The van der Waals surface area contributed by atoms with Crippen LogP contribution in [0.4, 0.5) is 0 Å². The molecule has 0 spiro atoms. The summed E-state index contributed by atoms with van der Waals surface area (Å²) in [4.78, 5) is 12.9. The molecule has 1 unspecified atom stereocenters. The van der Waals surface area contributed by atoms with Crippen LogP contribution >= 0.6 is 0 Å². The molecular weight excluding hydrogens is 616 g/mol. The number of carbonyl (C=O) groups excluding carboxylic acids is 1. The van der Waals surface area contributed by atoms with Crippen LogP contribution in [0.2, 0.25) is 0 Å². The van der Waals surface area contributed by atoms with Crippen LogP contribution in [-0.4, -0.2) is 134 Å². The van der Waals surface area contributed by atoms with Crippen molar-refractivity contribution in [1.82, 2.24) is 0 Å². The summed E-state index contributed by atoms with van der Waals surface area (Å²) in [6, 6.07) is 7.88. The average Bonchev–Trinajstić information content (AvgIpc) is 3.04. The molecule has 0 bridgehead atoms. The van der Waals surface area contributed by atoms with Gasteiger partial charge in [0.1, 0.15) is 42.7 Å². The fourth-order valence-electron chi connectivity index (χ4n) is 4.92. The molecule has 0 saturated carbocycles. The number of hydrogen-bond donors (Lipinski definition) is 9. The third-order valence-electron chi connectivity index (χ3n) is 7.56. The van der Waals surface area contributed by atoms with E-state index in [1.807, 2.05) is 0 Å². The normalized spacial score (nSPS) is 32.3. The molecule has 2 aromatic carbocycles. The molecular formula is C30H38O16. The molecule has 2 aliphatic rings. The van der Waals surface area contributed by atoms with E-state index >= 15 is 0 Å². The number of methoxy groups -OCH3 is 1. The van der Waals surface area contributed by atoms with Crippen molar-refractivity contribution in [2.45, 2.75) is 74.4 Å². The standard InChI is InChI=1S/C30H38O16/c1-13-23(37)24(38)25(39)30(43-13)46-28-26(40)29(42-12-19(35)15-5-7-16(32)18(34)10-15)44-21(11-31)27(28)45-22(36)8-4-14-3-6-17(33)20(9-14)41-2/h3-10,13,19,21,23-35,37-40H,11-12H2,1-2H3/b8-4+/t13-,19?,21+,23-,24+,25+,26+,27+,28+,29+,30-/m0/s1. The van der Waals surface area contributed by atoms with Gasteiger partial charge >= 0.3 is 5.97 Å². The number of carbonyl (C=O) groups is 1. The molecule has 11 atom stereocenters. The molecule has 46 heavy (non-hydrogen) atoms. The van der Waals surface area contributed by atoms with Gasteiger partial charge in [-0.1, -0.05) is 12.1 Å². The summed E-state index contributed by atoms with van der Waals surface area (Å²) >= 11 is 0. The molecule has 0 aromatic heterocycles. The smallest absolute Gasteiger partial charge is 0.331 e. The molecule has 16 heteroatoms. The Labute approximate surface area is 262 Å². The number of ether oxygens (including phenoxy) is 6. The van der Waals surface area contributed by atoms with Gasteiger partial charge in [-0.3, -0.25) is 0 Å². The van der Waals surface area contributed by atoms with E-state index in [1.54, 1.807) is 0 Å². The van der Waals surface area contributed by atoms with Crippen LogP contribution in [-0.2, 0) is 28.5 Å². The third-order valence-corrected chi connectivity index (χ3v) is 7.56. The van der Waals surface area contributed by atoms with Crippen molar-refractivity contribution in [3.8, 4) is 23.0 Å². The summed E-state index contributed by atoms with van der Waals surface area (Å²) in [5, 5.41) is 91.9. The van der Waals surface area contributed by atoms with Crippen LogP contribution in [0, 0.1) is 0 Å². The predicted molar refractivity (Wildman–Crippen MR) is 153 cm³/mol. The highest BCUT2D eigenvalue weighted by molar-refractivity contribution is 5.87. The molecule has 0 radical (unpaired) electrons. The SMILES string of the molecule is COc1cc(/C=C/C(=O)O[C@H]2[C@H](O[C@@H]3O[C@@H](C)[C@H](O)[C@@H](O)[C@H]3O)[C@@H](O)[C@H](OCC(O)c3ccc(O)c(O)c3)O[C@@H]2CO)ccc1O. The summed E-state index contributed by atoms with van der Waals surface area (Å²) in [5.41, 5.74) is 0.601. The molecule has 2 saturated heterocycles. The Morgan fingerprint density at radius 2 is 1.61 bits per heavy atom. The monoisotopic (exact) mass is 654 g/mol. The highest BCUT2D eigenvalue weighted by Gasteiger charge is 2.52. The highest BCUT2D eigenvalue weighted by atomic mass is 16.7. The zero-order chi connectivity index (χ0) is 33.7. The maximum absolute atomic E-state index is 12.9. The molecule has 2 heterocycles. The number of hydrogen-bond acceptors (Lipinski definition) is 16. The number of aliphatic hydroxyl groups excluding tert-OH is 6. The molecule has 0 aliphatic carbocycles. The lowest BCUT2D eigenvalue weighted by atomic mass is 9.97. The van der Waals surface area contributed by atoms with Gasteiger partial charge in [-0.25, -0.2) is 4.79 Å². The molecule has 16 nitrogen and oxygen atoms in total.